The minimum Gasteiger partial charge on any atom is -0.328 e. The molecule has 1 atom stereocenters. The molecule has 0 fully saturated rings. The fourth-order valence-corrected chi connectivity index (χ4v) is 1.27. The Morgan fingerprint density at radius 2 is 1.92 bits per heavy atom. The molecule has 0 saturated carbocycles. The molecule has 0 saturated heterocycles. The van der Waals surface area contributed by atoms with Gasteiger partial charge in [0.15, 0.2) is 0 Å². The zero-order valence-corrected chi connectivity index (χ0v) is 7.66. The third-order valence-electron chi connectivity index (χ3n) is 1.97. The Bertz CT molecular complexity index is 204. The Balaban J connectivity index is 2.25. The SMILES string of the molecule is CC(N)CCCc1ccccc1. The van der Waals surface area contributed by atoms with Crippen molar-refractivity contribution in [1.29, 1.82) is 0 Å². The summed E-state index contributed by atoms with van der Waals surface area (Å²) < 4.78 is 0. The van der Waals surface area contributed by atoms with Crippen LogP contribution in [0.2, 0.25) is 0 Å². The molecule has 1 aromatic carbocycles. The maximum Gasteiger partial charge on any atom is 0.00105 e. The highest BCUT2D eigenvalue weighted by molar-refractivity contribution is 5.14. The van der Waals surface area contributed by atoms with Crippen molar-refractivity contribution in [2.75, 3.05) is 0 Å². The second kappa shape index (κ2) is 4.94. The van der Waals surface area contributed by atoms with Crippen LogP contribution in [0.25, 0.3) is 0 Å². The summed E-state index contributed by atoms with van der Waals surface area (Å²) in [5, 5.41) is 0. The summed E-state index contributed by atoms with van der Waals surface area (Å²) >= 11 is 0. The number of hydrogen-bond acceptors (Lipinski definition) is 1. The second-order valence-electron chi connectivity index (χ2n) is 3.36. The first-order valence-corrected chi connectivity index (χ1v) is 4.58. The average molecular weight is 163 g/mol. The Morgan fingerprint density at radius 1 is 1.25 bits per heavy atom. The van der Waals surface area contributed by atoms with Crippen LogP contribution < -0.4 is 5.73 Å². The van der Waals surface area contributed by atoms with Crippen LogP contribution in [0.3, 0.4) is 0 Å². The molecular formula is C11H17N. The molecule has 1 heteroatoms. The molecule has 2 N–H and O–H groups in total. The minimum atomic E-state index is 0.341. The largest absolute Gasteiger partial charge is 0.328 e. The van der Waals surface area contributed by atoms with E-state index in [1.807, 2.05) is 0 Å². The predicted molar refractivity (Wildman–Crippen MR) is 53.0 cm³/mol. The number of benzene rings is 1. The van der Waals surface area contributed by atoms with E-state index in [1.165, 1.54) is 12.0 Å². The van der Waals surface area contributed by atoms with E-state index in [2.05, 4.69) is 37.3 Å². The van der Waals surface area contributed by atoms with Crippen molar-refractivity contribution in [3.63, 3.8) is 0 Å². The van der Waals surface area contributed by atoms with Crippen LogP contribution in [0, 0.1) is 0 Å². The topological polar surface area (TPSA) is 26.0 Å². The molecule has 0 aliphatic heterocycles. The zero-order chi connectivity index (χ0) is 8.81. The molecule has 66 valence electrons. The third-order valence-corrected chi connectivity index (χ3v) is 1.97. The molecule has 1 aromatic rings. The summed E-state index contributed by atoms with van der Waals surface area (Å²) in [7, 11) is 0. The van der Waals surface area contributed by atoms with Crippen molar-refractivity contribution < 1.29 is 0 Å². The molecule has 0 aromatic heterocycles. The molecule has 12 heavy (non-hydrogen) atoms. The number of hydrogen-bond donors (Lipinski definition) is 1. The van der Waals surface area contributed by atoms with Crippen LogP contribution in [0.1, 0.15) is 25.3 Å². The molecule has 1 rings (SSSR count). The van der Waals surface area contributed by atoms with Crippen molar-refractivity contribution in [3.8, 4) is 0 Å². The van der Waals surface area contributed by atoms with Crippen LogP contribution in [-0.2, 0) is 6.42 Å². The first-order chi connectivity index (χ1) is 5.79. The van der Waals surface area contributed by atoms with E-state index in [9.17, 15) is 0 Å². The van der Waals surface area contributed by atoms with Crippen LogP contribution in [0.4, 0.5) is 0 Å². The lowest BCUT2D eigenvalue weighted by Gasteiger charge is -2.03. The van der Waals surface area contributed by atoms with Gasteiger partial charge in [0.1, 0.15) is 0 Å². The Labute approximate surface area is 74.6 Å². The first kappa shape index (κ1) is 9.27. The first-order valence-electron chi connectivity index (χ1n) is 4.58. The van der Waals surface area contributed by atoms with Gasteiger partial charge in [-0.2, -0.15) is 0 Å². The summed E-state index contributed by atoms with van der Waals surface area (Å²) in [5.41, 5.74) is 7.07. The molecule has 0 aliphatic carbocycles. The Kier molecular flexibility index (Phi) is 3.81. The molecule has 1 unspecified atom stereocenters. The number of rotatable bonds is 4. The van der Waals surface area contributed by atoms with Crippen LogP contribution in [0.5, 0.6) is 0 Å². The van der Waals surface area contributed by atoms with E-state index in [0.29, 0.717) is 6.04 Å². The van der Waals surface area contributed by atoms with Gasteiger partial charge in [-0.1, -0.05) is 30.3 Å². The minimum absolute atomic E-state index is 0.341. The Hall–Kier alpha value is -0.820. The summed E-state index contributed by atoms with van der Waals surface area (Å²) in [4.78, 5) is 0. The zero-order valence-electron chi connectivity index (χ0n) is 7.66. The highest BCUT2D eigenvalue weighted by atomic mass is 14.6. The van der Waals surface area contributed by atoms with Gasteiger partial charge in [0.2, 0.25) is 0 Å². The van der Waals surface area contributed by atoms with E-state index in [-0.39, 0.29) is 0 Å². The fraction of sp³-hybridized carbons (Fsp3) is 0.455. The van der Waals surface area contributed by atoms with Gasteiger partial charge >= 0.3 is 0 Å². The molecule has 0 bridgehead atoms. The maximum atomic E-state index is 5.66. The van der Waals surface area contributed by atoms with E-state index in [4.69, 9.17) is 5.73 Å². The average Bonchev–Trinajstić information content (AvgIpc) is 2.05. The summed E-state index contributed by atoms with van der Waals surface area (Å²) in [5.74, 6) is 0. The maximum absolute atomic E-state index is 5.66. The molecule has 0 heterocycles. The normalized spacial score (nSPS) is 12.8. The van der Waals surface area contributed by atoms with Crippen molar-refractivity contribution in [3.05, 3.63) is 35.9 Å². The van der Waals surface area contributed by atoms with Gasteiger partial charge < -0.3 is 5.73 Å². The molecule has 0 amide bonds. The van der Waals surface area contributed by atoms with E-state index in [0.717, 1.165) is 12.8 Å². The molecule has 1 nitrogen and oxygen atoms in total. The van der Waals surface area contributed by atoms with Crippen molar-refractivity contribution in [2.45, 2.75) is 32.2 Å². The summed E-state index contributed by atoms with van der Waals surface area (Å²) in [6.45, 7) is 2.06. The monoisotopic (exact) mass is 163 g/mol. The van der Waals surface area contributed by atoms with Gasteiger partial charge in [0.25, 0.3) is 0 Å². The smallest absolute Gasteiger partial charge is 0.00105 e. The van der Waals surface area contributed by atoms with Crippen molar-refractivity contribution in [1.82, 2.24) is 0 Å². The van der Waals surface area contributed by atoms with E-state index in [1.54, 1.807) is 0 Å². The quantitative estimate of drug-likeness (QED) is 0.724. The molecule has 0 spiro atoms. The number of nitrogens with two attached hydrogens (primary N) is 1. The van der Waals surface area contributed by atoms with Gasteiger partial charge in [-0.05, 0) is 31.7 Å². The second-order valence-corrected chi connectivity index (χ2v) is 3.36. The van der Waals surface area contributed by atoms with Gasteiger partial charge in [-0.15, -0.1) is 0 Å². The lowest BCUT2D eigenvalue weighted by Crippen LogP contribution is -2.14. The van der Waals surface area contributed by atoms with Crippen LogP contribution >= 0.6 is 0 Å². The van der Waals surface area contributed by atoms with Crippen molar-refractivity contribution >= 4 is 0 Å². The number of aryl methyl sites for hydroxylation is 1. The van der Waals surface area contributed by atoms with Gasteiger partial charge in [0.05, 0.1) is 0 Å². The van der Waals surface area contributed by atoms with Gasteiger partial charge in [-0.3, -0.25) is 0 Å². The summed E-state index contributed by atoms with van der Waals surface area (Å²) in [6.07, 6.45) is 3.47. The third kappa shape index (κ3) is 3.54. The summed E-state index contributed by atoms with van der Waals surface area (Å²) in [6, 6.07) is 10.9. The van der Waals surface area contributed by atoms with Crippen molar-refractivity contribution in [2.24, 2.45) is 5.73 Å². The van der Waals surface area contributed by atoms with Gasteiger partial charge in [-0.25, -0.2) is 0 Å². The van der Waals surface area contributed by atoms with E-state index >= 15 is 0 Å². The highest BCUT2D eigenvalue weighted by Crippen LogP contribution is 2.05. The predicted octanol–water partition coefficient (Wildman–Crippen LogP) is 2.36. The standard InChI is InChI=1S/C11H17N/c1-10(12)6-5-9-11-7-3-2-4-8-11/h2-4,7-8,10H,5-6,9,12H2,1H3. The molecule has 0 radical (unpaired) electrons. The molecule has 0 aliphatic rings. The highest BCUT2D eigenvalue weighted by Gasteiger charge is 1.94. The lowest BCUT2D eigenvalue weighted by atomic mass is 10.1. The fourth-order valence-electron chi connectivity index (χ4n) is 1.27. The van der Waals surface area contributed by atoms with Crippen LogP contribution in [0.15, 0.2) is 30.3 Å². The van der Waals surface area contributed by atoms with Crippen LogP contribution in [-0.4, -0.2) is 6.04 Å². The van der Waals surface area contributed by atoms with Gasteiger partial charge in [0, 0.05) is 6.04 Å². The van der Waals surface area contributed by atoms with E-state index < -0.39 is 0 Å². The lowest BCUT2D eigenvalue weighted by molar-refractivity contribution is 0.624. The Morgan fingerprint density at radius 3 is 2.50 bits per heavy atom. The molecular weight excluding hydrogens is 146 g/mol.